The SMILES string of the molecule is O=C(N/N=C\c1ccc(OC(=O)c2sc3ccccc3c2Cl)cc1)c1ccc2c(c1)OCO2. The van der Waals surface area contributed by atoms with Crippen molar-refractivity contribution in [3.8, 4) is 17.2 Å². The Hall–Kier alpha value is -3.88. The molecule has 164 valence electrons. The molecular weight excluding hydrogens is 464 g/mol. The van der Waals surface area contributed by atoms with E-state index in [4.69, 9.17) is 25.8 Å². The summed E-state index contributed by atoms with van der Waals surface area (Å²) < 4.78 is 16.9. The molecule has 4 aromatic rings. The lowest BCUT2D eigenvalue weighted by Crippen LogP contribution is -2.17. The molecule has 0 fully saturated rings. The van der Waals surface area contributed by atoms with Gasteiger partial charge >= 0.3 is 5.97 Å². The molecule has 0 spiro atoms. The third kappa shape index (κ3) is 4.39. The van der Waals surface area contributed by atoms with Crippen LogP contribution in [0.15, 0.2) is 71.8 Å². The number of carbonyl (C=O) groups is 2. The van der Waals surface area contributed by atoms with Crippen LogP contribution in [0.4, 0.5) is 0 Å². The van der Waals surface area contributed by atoms with E-state index in [2.05, 4.69) is 10.5 Å². The zero-order chi connectivity index (χ0) is 22.8. The van der Waals surface area contributed by atoms with Gasteiger partial charge in [0.2, 0.25) is 6.79 Å². The minimum absolute atomic E-state index is 0.140. The second-order valence-electron chi connectivity index (χ2n) is 6.97. The third-order valence-corrected chi connectivity index (χ3v) is 6.48. The maximum atomic E-state index is 12.6. The van der Waals surface area contributed by atoms with Gasteiger partial charge in [-0.25, -0.2) is 10.2 Å². The van der Waals surface area contributed by atoms with Gasteiger partial charge in [0.25, 0.3) is 5.91 Å². The molecule has 7 nitrogen and oxygen atoms in total. The molecule has 0 saturated heterocycles. The predicted octanol–water partition coefficient (Wildman–Crippen LogP) is 5.27. The van der Waals surface area contributed by atoms with Gasteiger partial charge in [-0.2, -0.15) is 5.10 Å². The molecule has 2 heterocycles. The third-order valence-electron chi connectivity index (χ3n) is 4.83. The summed E-state index contributed by atoms with van der Waals surface area (Å²) in [6.45, 7) is 0.140. The Morgan fingerprint density at radius 3 is 2.64 bits per heavy atom. The Bertz CT molecular complexity index is 1400. The summed E-state index contributed by atoms with van der Waals surface area (Å²) >= 11 is 7.63. The second-order valence-corrected chi connectivity index (χ2v) is 8.40. The van der Waals surface area contributed by atoms with Crippen LogP contribution in [0.25, 0.3) is 10.1 Å². The van der Waals surface area contributed by atoms with Gasteiger partial charge in [0.1, 0.15) is 10.6 Å². The van der Waals surface area contributed by atoms with Crippen molar-refractivity contribution in [1.29, 1.82) is 0 Å². The van der Waals surface area contributed by atoms with Crippen LogP contribution in [-0.2, 0) is 0 Å². The monoisotopic (exact) mass is 478 g/mol. The second kappa shape index (κ2) is 8.93. The fourth-order valence-corrected chi connectivity index (χ4v) is 4.57. The first-order chi connectivity index (χ1) is 16.1. The number of hydrogen-bond acceptors (Lipinski definition) is 7. The standard InChI is InChI=1S/C24H15ClN2O5S/c25-21-17-3-1-2-4-20(17)33-22(21)24(29)32-16-8-5-14(6-9-16)12-26-27-23(28)15-7-10-18-19(11-15)31-13-30-18/h1-12H,13H2,(H,27,28)/b26-12-. The fraction of sp³-hybridized carbons (Fsp3) is 0.0417. The van der Waals surface area contributed by atoms with Gasteiger partial charge in [0.05, 0.1) is 11.2 Å². The number of esters is 1. The van der Waals surface area contributed by atoms with Gasteiger partial charge in [-0.3, -0.25) is 4.79 Å². The average molecular weight is 479 g/mol. The van der Waals surface area contributed by atoms with Gasteiger partial charge in [-0.1, -0.05) is 29.8 Å². The van der Waals surface area contributed by atoms with E-state index in [0.29, 0.717) is 38.3 Å². The van der Waals surface area contributed by atoms with Crippen LogP contribution in [0.3, 0.4) is 0 Å². The zero-order valence-electron chi connectivity index (χ0n) is 16.9. The molecule has 1 N–H and O–H groups in total. The van der Waals surface area contributed by atoms with Gasteiger partial charge in [0, 0.05) is 15.6 Å². The quantitative estimate of drug-likeness (QED) is 0.183. The number of hydrazone groups is 1. The molecular formula is C24H15ClN2O5S. The minimum atomic E-state index is -0.515. The Balaban J connectivity index is 1.20. The average Bonchev–Trinajstić information content (AvgIpc) is 3.44. The number of nitrogens with one attached hydrogen (secondary N) is 1. The Labute approximate surface area is 197 Å². The summed E-state index contributed by atoms with van der Waals surface area (Å²) in [4.78, 5) is 25.2. The van der Waals surface area contributed by atoms with E-state index in [1.165, 1.54) is 17.6 Å². The molecule has 9 heteroatoms. The smallest absolute Gasteiger partial charge is 0.355 e. The summed E-state index contributed by atoms with van der Waals surface area (Å²) in [5.74, 6) is 0.600. The first-order valence-electron chi connectivity index (χ1n) is 9.81. The number of benzene rings is 3. The van der Waals surface area contributed by atoms with Crippen LogP contribution in [0.5, 0.6) is 17.2 Å². The van der Waals surface area contributed by atoms with Crippen molar-refractivity contribution in [3.05, 3.63) is 87.8 Å². The van der Waals surface area contributed by atoms with E-state index in [1.807, 2.05) is 24.3 Å². The molecule has 0 radical (unpaired) electrons. The number of ether oxygens (including phenoxy) is 3. The molecule has 1 amide bonds. The normalized spacial score (nSPS) is 12.3. The number of carbonyl (C=O) groups excluding carboxylic acids is 2. The molecule has 1 aliphatic rings. The fourth-order valence-electron chi connectivity index (χ4n) is 3.19. The number of halogens is 1. The van der Waals surface area contributed by atoms with Crippen LogP contribution in [0.2, 0.25) is 5.02 Å². The van der Waals surface area contributed by atoms with Crippen molar-refractivity contribution in [2.45, 2.75) is 0 Å². The van der Waals surface area contributed by atoms with E-state index in [-0.39, 0.29) is 12.7 Å². The zero-order valence-corrected chi connectivity index (χ0v) is 18.5. The number of hydrogen-bond donors (Lipinski definition) is 1. The lowest BCUT2D eigenvalue weighted by molar-refractivity contribution is 0.0739. The van der Waals surface area contributed by atoms with Crippen LogP contribution in [0.1, 0.15) is 25.6 Å². The molecule has 1 aromatic heterocycles. The highest BCUT2D eigenvalue weighted by molar-refractivity contribution is 7.21. The Morgan fingerprint density at radius 1 is 1.03 bits per heavy atom. The maximum Gasteiger partial charge on any atom is 0.355 e. The van der Waals surface area contributed by atoms with Crippen molar-refractivity contribution in [2.24, 2.45) is 5.10 Å². The van der Waals surface area contributed by atoms with E-state index < -0.39 is 5.97 Å². The first-order valence-corrected chi connectivity index (χ1v) is 11.0. The van der Waals surface area contributed by atoms with Crippen molar-refractivity contribution in [3.63, 3.8) is 0 Å². The van der Waals surface area contributed by atoms with E-state index >= 15 is 0 Å². The minimum Gasteiger partial charge on any atom is -0.454 e. The van der Waals surface area contributed by atoms with Crippen LogP contribution in [0, 0.1) is 0 Å². The first kappa shape index (κ1) is 21.0. The molecule has 0 unspecified atom stereocenters. The lowest BCUT2D eigenvalue weighted by atomic mass is 10.2. The van der Waals surface area contributed by atoms with Gasteiger partial charge in [-0.05, 0) is 54.1 Å². The van der Waals surface area contributed by atoms with Crippen LogP contribution < -0.4 is 19.6 Å². The largest absolute Gasteiger partial charge is 0.454 e. The van der Waals surface area contributed by atoms with Crippen molar-refractivity contribution in [1.82, 2.24) is 5.43 Å². The van der Waals surface area contributed by atoms with Crippen molar-refractivity contribution >= 4 is 51.1 Å². The van der Waals surface area contributed by atoms with E-state index in [1.54, 1.807) is 42.5 Å². The van der Waals surface area contributed by atoms with Gasteiger partial charge < -0.3 is 14.2 Å². The Morgan fingerprint density at radius 2 is 1.82 bits per heavy atom. The molecule has 0 atom stereocenters. The summed E-state index contributed by atoms with van der Waals surface area (Å²) in [5.41, 5.74) is 3.57. The van der Waals surface area contributed by atoms with Crippen LogP contribution in [-0.4, -0.2) is 24.9 Å². The summed E-state index contributed by atoms with van der Waals surface area (Å²) in [6.07, 6.45) is 1.49. The molecule has 33 heavy (non-hydrogen) atoms. The highest BCUT2D eigenvalue weighted by Crippen LogP contribution is 2.36. The number of nitrogens with zero attached hydrogens (tertiary/aromatic N) is 1. The highest BCUT2D eigenvalue weighted by Gasteiger charge is 2.19. The van der Waals surface area contributed by atoms with Gasteiger partial charge in [-0.15, -0.1) is 11.3 Å². The summed E-state index contributed by atoms with van der Waals surface area (Å²) in [6, 6.07) is 19.1. The number of thiophene rings is 1. The molecule has 3 aromatic carbocycles. The number of amides is 1. The molecule has 0 bridgehead atoms. The molecule has 0 aliphatic carbocycles. The maximum absolute atomic E-state index is 12.6. The Kier molecular flexibility index (Phi) is 5.68. The van der Waals surface area contributed by atoms with E-state index in [0.717, 1.165) is 10.1 Å². The molecule has 5 rings (SSSR count). The predicted molar refractivity (Wildman–Crippen MR) is 126 cm³/mol. The molecule has 0 saturated carbocycles. The summed E-state index contributed by atoms with van der Waals surface area (Å²) in [5, 5.41) is 5.18. The number of fused-ring (bicyclic) bond motifs is 2. The highest BCUT2D eigenvalue weighted by atomic mass is 35.5. The van der Waals surface area contributed by atoms with Gasteiger partial charge in [0.15, 0.2) is 11.5 Å². The topological polar surface area (TPSA) is 86.2 Å². The molecule has 1 aliphatic heterocycles. The lowest BCUT2D eigenvalue weighted by Gasteiger charge is -2.04. The van der Waals surface area contributed by atoms with E-state index in [9.17, 15) is 9.59 Å². The summed E-state index contributed by atoms with van der Waals surface area (Å²) in [7, 11) is 0. The van der Waals surface area contributed by atoms with Crippen molar-refractivity contribution < 1.29 is 23.8 Å². The van der Waals surface area contributed by atoms with Crippen molar-refractivity contribution in [2.75, 3.05) is 6.79 Å². The number of rotatable bonds is 5. The van der Waals surface area contributed by atoms with Crippen LogP contribution >= 0.6 is 22.9 Å².